The van der Waals surface area contributed by atoms with Gasteiger partial charge in [0.2, 0.25) is 5.43 Å². The van der Waals surface area contributed by atoms with E-state index < -0.39 is 0 Å². The Bertz CT molecular complexity index is 435. The molecule has 1 aromatic rings. The smallest absolute Gasteiger partial charge is 0.204 e. The lowest BCUT2D eigenvalue weighted by Gasteiger charge is -2.16. The van der Waals surface area contributed by atoms with E-state index in [2.05, 4.69) is 24.2 Å². The van der Waals surface area contributed by atoms with Gasteiger partial charge < -0.3 is 10.2 Å². The molecule has 1 N–H and O–H groups in total. The maximum Gasteiger partial charge on any atom is 0.204 e. The Kier molecular flexibility index (Phi) is 6.50. The van der Waals surface area contributed by atoms with Crippen molar-refractivity contribution in [1.29, 1.82) is 0 Å². The molecule has 0 amide bonds. The summed E-state index contributed by atoms with van der Waals surface area (Å²) in [5.41, 5.74) is 1.88. The van der Waals surface area contributed by atoms with Gasteiger partial charge in [0, 0.05) is 12.1 Å². The zero-order valence-corrected chi connectivity index (χ0v) is 12.5. The van der Waals surface area contributed by atoms with Crippen LogP contribution in [0, 0.1) is 4.51 Å². The fourth-order valence-corrected chi connectivity index (χ4v) is 2.50. The molecule has 1 aromatic carbocycles. The van der Waals surface area contributed by atoms with Crippen molar-refractivity contribution in [1.82, 2.24) is 4.90 Å². The van der Waals surface area contributed by atoms with Crippen molar-refractivity contribution >= 4 is 17.9 Å². The number of nitrogens with one attached hydrogen (secondary N) is 1. The molecule has 0 saturated carbocycles. The number of nitrogens with zero attached hydrogens (tertiary/aromatic N) is 1. The summed E-state index contributed by atoms with van der Waals surface area (Å²) in [6.07, 6.45) is 4.28. The molecule has 0 aromatic heterocycles. The highest BCUT2D eigenvalue weighted by Gasteiger charge is 2.14. The zero-order chi connectivity index (χ0) is 13.5. The Morgan fingerprint density at radius 1 is 1.22 bits per heavy atom. The van der Waals surface area contributed by atoms with Gasteiger partial charge in [0.15, 0.2) is 0 Å². The van der Waals surface area contributed by atoms with Gasteiger partial charge in [-0.1, -0.05) is 26.1 Å². The second-order valence-electron chi connectivity index (χ2n) is 4.80. The highest BCUT2D eigenvalue weighted by Crippen LogP contribution is 2.17. The molecule has 0 saturated heterocycles. The molecule has 102 valence electrons. The van der Waals surface area contributed by atoms with Gasteiger partial charge in [-0.05, 0) is 45.8 Å². The van der Waals surface area contributed by atoms with Crippen molar-refractivity contribution in [2.24, 2.45) is 0 Å². The van der Waals surface area contributed by atoms with Crippen molar-refractivity contribution in [3.63, 3.8) is 0 Å². The maximum atomic E-state index is 11.4. The molecule has 0 fully saturated rings. The monoisotopic (exact) mass is 268 g/mol. The molecule has 0 heterocycles. The van der Waals surface area contributed by atoms with E-state index >= 15 is 0 Å². The van der Waals surface area contributed by atoms with Gasteiger partial charge in [-0.25, -0.2) is 0 Å². The molecule has 3 nitrogen and oxygen atoms in total. The van der Waals surface area contributed by atoms with E-state index in [0.29, 0.717) is 4.51 Å². The van der Waals surface area contributed by atoms with E-state index in [4.69, 9.17) is 12.2 Å². The minimum absolute atomic E-state index is 0.0673. The fourth-order valence-electron chi connectivity index (χ4n) is 2.18. The summed E-state index contributed by atoms with van der Waals surface area (Å²) in [6.45, 7) is 7.41. The summed E-state index contributed by atoms with van der Waals surface area (Å²) >= 11 is 5.05. The van der Waals surface area contributed by atoms with E-state index in [1.165, 1.54) is 12.8 Å². The van der Waals surface area contributed by atoms with Gasteiger partial charge >= 0.3 is 0 Å². The van der Waals surface area contributed by atoms with Crippen LogP contribution in [0.5, 0.6) is 0 Å². The van der Waals surface area contributed by atoms with Crippen LogP contribution in [0.1, 0.15) is 38.7 Å². The maximum absolute atomic E-state index is 11.4. The SMILES string of the molecule is CCCN(C)CCCCNc1c(CC)c(=O)c1=S. The number of unbranched alkanes of at least 4 members (excludes halogenated alkanes) is 1. The van der Waals surface area contributed by atoms with E-state index in [1.54, 1.807) is 0 Å². The molecular weight excluding hydrogens is 244 g/mol. The average molecular weight is 268 g/mol. The highest BCUT2D eigenvalue weighted by molar-refractivity contribution is 7.71. The first kappa shape index (κ1) is 15.3. The average Bonchev–Trinajstić information content (AvgIpc) is 2.36. The second kappa shape index (κ2) is 7.64. The Hall–Kier alpha value is -0.740. The van der Waals surface area contributed by atoms with E-state index in [9.17, 15) is 4.79 Å². The number of hydrogen-bond acceptors (Lipinski definition) is 4. The van der Waals surface area contributed by atoms with Crippen LogP contribution in [-0.2, 0) is 6.42 Å². The lowest BCUT2D eigenvalue weighted by Crippen LogP contribution is -2.23. The Labute approximate surface area is 115 Å². The minimum Gasteiger partial charge on any atom is -0.383 e. The molecule has 0 unspecified atom stereocenters. The first-order chi connectivity index (χ1) is 8.61. The Morgan fingerprint density at radius 3 is 2.56 bits per heavy atom. The standard InChI is InChI=1S/C14H24N2OS/c1-4-9-16(3)10-7-6-8-15-12-11(5-2)13(17)14(12)18/h15H,4-10H2,1-3H3. The van der Waals surface area contributed by atoms with Gasteiger partial charge in [-0.3, -0.25) is 4.79 Å². The normalized spacial score (nSPS) is 11.3. The zero-order valence-electron chi connectivity index (χ0n) is 11.7. The number of anilines is 1. The van der Waals surface area contributed by atoms with Gasteiger partial charge in [0.25, 0.3) is 0 Å². The second-order valence-corrected chi connectivity index (χ2v) is 5.21. The molecule has 0 spiro atoms. The highest BCUT2D eigenvalue weighted by atomic mass is 32.1. The molecule has 18 heavy (non-hydrogen) atoms. The van der Waals surface area contributed by atoms with Gasteiger partial charge in [-0.2, -0.15) is 0 Å². The first-order valence-corrected chi connectivity index (χ1v) is 7.27. The largest absolute Gasteiger partial charge is 0.383 e. The third-order valence-corrected chi connectivity index (χ3v) is 3.63. The topological polar surface area (TPSA) is 32.3 Å². The molecular formula is C14H24N2OS. The summed E-state index contributed by atoms with van der Waals surface area (Å²) in [5.74, 6) is 0. The summed E-state index contributed by atoms with van der Waals surface area (Å²) in [4.78, 5) is 13.8. The molecule has 0 bridgehead atoms. The van der Waals surface area contributed by atoms with E-state index in [1.807, 2.05) is 6.92 Å². The Morgan fingerprint density at radius 2 is 1.94 bits per heavy atom. The van der Waals surface area contributed by atoms with Crippen LogP contribution in [0.3, 0.4) is 0 Å². The predicted octanol–water partition coefficient (Wildman–Crippen LogP) is 2.75. The van der Waals surface area contributed by atoms with Crippen LogP contribution in [0.2, 0.25) is 0 Å². The molecule has 0 aliphatic carbocycles. The van der Waals surface area contributed by atoms with Crippen LogP contribution >= 0.6 is 12.2 Å². The number of rotatable bonds is 9. The molecule has 0 aliphatic rings. The van der Waals surface area contributed by atoms with Crippen LogP contribution < -0.4 is 10.7 Å². The fraction of sp³-hybridized carbons (Fsp3) is 0.714. The predicted molar refractivity (Wildman–Crippen MR) is 80.8 cm³/mol. The van der Waals surface area contributed by atoms with Crippen molar-refractivity contribution in [2.45, 2.75) is 39.5 Å². The lowest BCUT2D eigenvalue weighted by atomic mass is 10.1. The van der Waals surface area contributed by atoms with Crippen molar-refractivity contribution in [2.75, 3.05) is 32.0 Å². The molecule has 4 heteroatoms. The van der Waals surface area contributed by atoms with E-state index in [0.717, 1.165) is 43.7 Å². The van der Waals surface area contributed by atoms with Crippen LogP contribution in [0.15, 0.2) is 4.79 Å². The van der Waals surface area contributed by atoms with Gasteiger partial charge in [0.05, 0.1) is 5.69 Å². The van der Waals surface area contributed by atoms with Crippen molar-refractivity contribution in [3.8, 4) is 0 Å². The first-order valence-electron chi connectivity index (χ1n) is 6.86. The summed E-state index contributed by atoms with van der Waals surface area (Å²) in [7, 11) is 2.16. The van der Waals surface area contributed by atoms with Crippen molar-refractivity contribution < 1.29 is 0 Å². The third-order valence-electron chi connectivity index (χ3n) is 3.24. The van der Waals surface area contributed by atoms with Gasteiger partial charge in [0.1, 0.15) is 4.51 Å². The third kappa shape index (κ3) is 3.89. The van der Waals surface area contributed by atoms with Crippen molar-refractivity contribution in [3.05, 3.63) is 20.3 Å². The van der Waals surface area contributed by atoms with Crippen LogP contribution in [0.25, 0.3) is 0 Å². The molecule has 0 atom stereocenters. The lowest BCUT2D eigenvalue weighted by molar-refractivity contribution is 0.328. The summed E-state index contributed by atoms with van der Waals surface area (Å²) in [6, 6.07) is 0. The molecule has 0 aliphatic heterocycles. The molecule has 1 rings (SSSR count). The van der Waals surface area contributed by atoms with E-state index in [-0.39, 0.29) is 5.43 Å². The van der Waals surface area contributed by atoms with Crippen LogP contribution in [-0.4, -0.2) is 31.6 Å². The van der Waals surface area contributed by atoms with Crippen LogP contribution in [0.4, 0.5) is 5.69 Å². The summed E-state index contributed by atoms with van der Waals surface area (Å²) in [5, 5.41) is 3.31. The quantitative estimate of drug-likeness (QED) is 0.551. The van der Waals surface area contributed by atoms with Gasteiger partial charge in [-0.15, -0.1) is 0 Å². The molecule has 0 radical (unpaired) electrons. The Balaban J connectivity index is 2.21. The number of hydrogen-bond donors (Lipinski definition) is 1. The summed E-state index contributed by atoms with van der Waals surface area (Å²) < 4.78 is 0.495. The minimum atomic E-state index is 0.0673.